The van der Waals surface area contributed by atoms with Crippen LogP contribution in [-0.2, 0) is 0 Å². The van der Waals surface area contributed by atoms with Crippen LogP contribution in [0.5, 0.6) is 5.75 Å². The average molecular weight is 291 g/mol. The van der Waals surface area contributed by atoms with Gasteiger partial charge in [0.15, 0.2) is 0 Å². The van der Waals surface area contributed by atoms with Crippen molar-refractivity contribution >= 4 is 21.9 Å². The van der Waals surface area contributed by atoms with Crippen molar-refractivity contribution in [1.29, 1.82) is 0 Å². The number of fused-ring (bicyclic) bond motifs is 2. The van der Waals surface area contributed by atoms with Crippen LogP contribution in [0.25, 0.3) is 33.2 Å². The molecule has 0 radical (unpaired) electrons. The van der Waals surface area contributed by atoms with Gasteiger partial charge in [-0.2, -0.15) is 0 Å². The molecule has 0 amide bonds. The van der Waals surface area contributed by atoms with Gasteiger partial charge in [-0.25, -0.2) is 4.98 Å². The molecule has 0 saturated carbocycles. The van der Waals surface area contributed by atoms with Crippen LogP contribution < -0.4 is 10.3 Å². The van der Waals surface area contributed by atoms with Gasteiger partial charge in [-0.1, -0.05) is 12.1 Å². The molecule has 22 heavy (non-hydrogen) atoms. The Kier molecular flexibility index (Phi) is 2.72. The first-order valence-electron chi connectivity index (χ1n) is 6.91. The first-order valence-corrected chi connectivity index (χ1v) is 6.91. The number of nitrogens with one attached hydrogen (secondary N) is 2. The molecule has 2 aromatic carbocycles. The van der Waals surface area contributed by atoms with Crippen molar-refractivity contribution in [2.24, 2.45) is 0 Å². The zero-order valence-electron chi connectivity index (χ0n) is 11.9. The molecular weight excluding hydrogens is 278 g/mol. The molecule has 0 fully saturated rings. The minimum absolute atomic E-state index is 0.199. The molecule has 0 bridgehead atoms. The molecule has 0 spiro atoms. The summed E-state index contributed by atoms with van der Waals surface area (Å²) < 4.78 is 5.22. The van der Waals surface area contributed by atoms with Crippen molar-refractivity contribution < 1.29 is 4.74 Å². The van der Waals surface area contributed by atoms with Gasteiger partial charge in [-0.3, -0.25) is 4.79 Å². The number of para-hydroxylation sites is 2. The summed E-state index contributed by atoms with van der Waals surface area (Å²) in [4.78, 5) is 22.9. The number of hydrogen-bond donors (Lipinski definition) is 2. The molecule has 0 aliphatic carbocycles. The predicted molar refractivity (Wildman–Crippen MR) is 86.2 cm³/mol. The van der Waals surface area contributed by atoms with Crippen molar-refractivity contribution in [3.63, 3.8) is 0 Å². The Bertz CT molecular complexity index is 1050. The summed E-state index contributed by atoms with van der Waals surface area (Å²) in [7, 11) is 1.63. The smallest absolute Gasteiger partial charge is 0.275 e. The van der Waals surface area contributed by atoms with E-state index in [1.54, 1.807) is 13.3 Å². The highest BCUT2D eigenvalue weighted by Gasteiger charge is 2.12. The molecule has 2 heterocycles. The Hall–Kier alpha value is -3.08. The molecule has 2 N–H and O–H groups in total. The number of H-pyrrole nitrogens is 2. The standard InChI is InChI=1S/C17H13N3O2/c1-22-10-6-7-11-12(9-18-15(11)8-10)16-17(21)20-14-5-3-2-4-13(14)19-16/h2-9,18H,1H3,(H,20,21). The van der Waals surface area contributed by atoms with Crippen LogP contribution >= 0.6 is 0 Å². The Labute approximate surface area is 125 Å². The van der Waals surface area contributed by atoms with Crippen molar-refractivity contribution in [2.75, 3.05) is 7.11 Å². The lowest BCUT2D eigenvalue weighted by molar-refractivity contribution is 0.415. The van der Waals surface area contributed by atoms with Crippen LogP contribution in [0, 0.1) is 0 Å². The SMILES string of the molecule is COc1ccc2c(-c3nc4ccccc4[nH]c3=O)c[nH]c2c1. The molecule has 0 atom stereocenters. The minimum Gasteiger partial charge on any atom is -0.497 e. The van der Waals surface area contributed by atoms with Crippen LogP contribution in [0.2, 0.25) is 0 Å². The fourth-order valence-corrected chi connectivity index (χ4v) is 2.64. The summed E-state index contributed by atoms with van der Waals surface area (Å²) in [5.74, 6) is 0.765. The van der Waals surface area contributed by atoms with Crippen LogP contribution in [0.15, 0.2) is 53.5 Å². The van der Waals surface area contributed by atoms with E-state index < -0.39 is 0 Å². The predicted octanol–water partition coefficient (Wildman–Crippen LogP) is 3.08. The van der Waals surface area contributed by atoms with E-state index in [9.17, 15) is 4.79 Å². The Morgan fingerprint density at radius 2 is 1.95 bits per heavy atom. The van der Waals surface area contributed by atoms with Crippen molar-refractivity contribution in [3.05, 3.63) is 59.0 Å². The molecule has 4 aromatic rings. The Balaban J connectivity index is 1.98. The summed E-state index contributed by atoms with van der Waals surface area (Å²) >= 11 is 0. The lowest BCUT2D eigenvalue weighted by Gasteiger charge is -2.02. The number of aromatic amines is 2. The summed E-state index contributed by atoms with van der Waals surface area (Å²) in [6.07, 6.45) is 1.80. The third-order valence-electron chi connectivity index (χ3n) is 3.74. The fraction of sp³-hybridized carbons (Fsp3) is 0.0588. The third-order valence-corrected chi connectivity index (χ3v) is 3.74. The number of methoxy groups -OCH3 is 1. The van der Waals surface area contributed by atoms with Gasteiger partial charge in [0.25, 0.3) is 5.56 Å². The topological polar surface area (TPSA) is 70.8 Å². The van der Waals surface area contributed by atoms with Gasteiger partial charge >= 0.3 is 0 Å². The fourth-order valence-electron chi connectivity index (χ4n) is 2.64. The quantitative estimate of drug-likeness (QED) is 0.596. The molecule has 5 nitrogen and oxygen atoms in total. The van der Waals surface area contributed by atoms with Gasteiger partial charge < -0.3 is 14.7 Å². The first-order chi connectivity index (χ1) is 10.8. The maximum atomic E-state index is 12.3. The van der Waals surface area contributed by atoms with Crippen LogP contribution in [0.4, 0.5) is 0 Å². The second kappa shape index (κ2) is 4.73. The summed E-state index contributed by atoms with van der Waals surface area (Å²) in [5.41, 5.74) is 3.40. The second-order valence-corrected chi connectivity index (χ2v) is 5.05. The molecular formula is C17H13N3O2. The van der Waals surface area contributed by atoms with E-state index in [4.69, 9.17) is 4.74 Å². The summed E-state index contributed by atoms with van der Waals surface area (Å²) in [6.45, 7) is 0. The van der Waals surface area contributed by atoms with E-state index >= 15 is 0 Å². The van der Waals surface area contributed by atoms with E-state index in [1.165, 1.54) is 0 Å². The molecule has 4 rings (SSSR count). The van der Waals surface area contributed by atoms with Gasteiger partial charge in [0.1, 0.15) is 11.4 Å². The number of aromatic nitrogens is 3. The van der Waals surface area contributed by atoms with Crippen LogP contribution in [-0.4, -0.2) is 22.1 Å². The lowest BCUT2D eigenvalue weighted by Crippen LogP contribution is -2.11. The molecule has 0 unspecified atom stereocenters. The van der Waals surface area contributed by atoms with Crippen LogP contribution in [0.3, 0.4) is 0 Å². The second-order valence-electron chi connectivity index (χ2n) is 5.05. The van der Waals surface area contributed by atoms with Gasteiger partial charge in [0.2, 0.25) is 0 Å². The van der Waals surface area contributed by atoms with E-state index in [0.29, 0.717) is 5.69 Å². The number of nitrogens with zero attached hydrogens (tertiary/aromatic N) is 1. The highest BCUT2D eigenvalue weighted by Crippen LogP contribution is 2.28. The monoisotopic (exact) mass is 291 g/mol. The molecule has 0 aliphatic heterocycles. The molecule has 5 heteroatoms. The highest BCUT2D eigenvalue weighted by atomic mass is 16.5. The third kappa shape index (κ3) is 1.87. The van der Waals surface area contributed by atoms with Gasteiger partial charge in [-0.15, -0.1) is 0 Å². The number of rotatable bonds is 2. The maximum Gasteiger partial charge on any atom is 0.275 e. The highest BCUT2D eigenvalue weighted by molar-refractivity contribution is 5.95. The minimum atomic E-state index is -0.199. The summed E-state index contributed by atoms with van der Waals surface area (Å²) in [6, 6.07) is 13.2. The van der Waals surface area contributed by atoms with Crippen molar-refractivity contribution in [1.82, 2.24) is 15.0 Å². The maximum absolute atomic E-state index is 12.3. The van der Waals surface area contributed by atoms with Gasteiger partial charge in [-0.05, 0) is 24.3 Å². The largest absolute Gasteiger partial charge is 0.497 e. The molecule has 0 aliphatic rings. The average Bonchev–Trinajstić information content (AvgIpc) is 2.97. The number of hydrogen-bond acceptors (Lipinski definition) is 3. The molecule has 2 aromatic heterocycles. The molecule has 0 saturated heterocycles. The Morgan fingerprint density at radius 1 is 1.09 bits per heavy atom. The van der Waals surface area contributed by atoms with E-state index in [2.05, 4.69) is 15.0 Å². The zero-order chi connectivity index (χ0) is 15.1. The summed E-state index contributed by atoms with van der Waals surface area (Å²) in [5, 5.41) is 0.939. The Morgan fingerprint density at radius 3 is 2.82 bits per heavy atom. The van der Waals surface area contributed by atoms with E-state index in [1.807, 2.05) is 42.5 Å². The number of benzene rings is 2. The number of ether oxygens (including phenoxy) is 1. The van der Waals surface area contributed by atoms with Crippen molar-refractivity contribution in [3.8, 4) is 17.0 Å². The van der Waals surface area contributed by atoms with Crippen LogP contribution in [0.1, 0.15) is 0 Å². The van der Waals surface area contributed by atoms with E-state index in [-0.39, 0.29) is 5.56 Å². The molecule has 108 valence electrons. The van der Waals surface area contributed by atoms with Gasteiger partial charge in [0, 0.05) is 28.7 Å². The lowest BCUT2D eigenvalue weighted by atomic mass is 10.1. The normalized spacial score (nSPS) is 11.1. The van der Waals surface area contributed by atoms with Crippen molar-refractivity contribution in [2.45, 2.75) is 0 Å². The first kappa shape index (κ1) is 12.6. The van der Waals surface area contributed by atoms with Gasteiger partial charge in [0.05, 0.1) is 18.1 Å². The zero-order valence-corrected chi connectivity index (χ0v) is 11.9. The van der Waals surface area contributed by atoms with E-state index in [0.717, 1.165) is 33.2 Å².